The molecule has 0 heteroatoms. The van der Waals surface area contributed by atoms with Crippen LogP contribution in [-0.4, -0.2) is 0 Å². The van der Waals surface area contributed by atoms with Gasteiger partial charge in [-0.15, -0.1) is 0 Å². The summed E-state index contributed by atoms with van der Waals surface area (Å²) >= 11 is 0. The Balaban J connectivity index is 1.83. The standard InChI is InChI=1S/C21H30/c1-3-5-7-9-19-12-16-21(17-13-19)20-14-10-18(11-15-20)8-6-4-2/h4,6,8,12-13,16-18,20H,2-3,5,7,9-11,14-15H2,1H3/b8-6+. The normalized spacial score (nSPS) is 22.5. The first kappa shape index (κ1) is 16.1. The minimum Gasteiger partial charge on any atom is -0.0991 e. The lowest BCUT2D eigenvalue weighted by atomic mass is 9.78. The van der Waals surface area contributed by atoms with Crippen molar-refractivity contribution in [2.75, 3.05) is 0 Å². The molecule has 0 nitrogen and oxygen atoms in total. The number of benzene rings is 1. The van der Waals surface area contributed by atoms with Crippen molar-refractivity contribution in [1.29, 1.82) is 0 Å². The SMILES string of the molecule is C=C/C=C/C1CCC(c2ccc(CCCCC)cc2)CC1. The van der Waals surface area contributed by atoms with E-state index in [1.165, 1.54) is 56.9 Å². The van der Waals surface area contributed by atoms with Gasteiger partial charge in [0.25, 0.3) is 0 Å². The summed E-state index contributed by atoms with van der Waals surface area (Å²) in [5.74, 6) is 1.55. The van der Waals surface area contributed by atoms with Crippen molar-refractivity contribution in [2.45, 2.75) is 64.2 Å². The van der Waals surface area contributed by atoms with Crippen molar-refractivity contribution in [2.24, 2.45) is 5.92 Å². The van der Waals surface area contributed by atoms with Crippen molar-refractivity contribution in [3.05, 3.63) is 60.2 Å². The number of aryl methyl sites for hydroxylation is 1. The third-order valence-electron chi connectivity index (χ3n) is 4.81. The Morgan fingerprint density at radius 2 is 1.76 bits per heavy atom. The van der Waals surface area contributed by atoms with Gasteiger partial charge in [0.05, 0.1) is 0 Å². The molecule has 21 heavy (non-hydrogen) atoms. The largest absolute Gasteiger partial charge is 0.0991 e. The van der Waals surface area contributed by atoms with Crippen molar-refractivity contribution in [3.8, 4) is 0 Å². The Morgan fingerprint density at radius 3 is 2.38 bits per heavy atom. The molecule has 0 spiro atoms. The summed E-state index contributed by atoms with van der Waals surface area (Å²) in [5.41, 5.74) is 3.06. The van der Waals surface area contributed by atoms with E-state index < -0.39 is 0 Å². The van der Waals surface area contributed by atoms with Gasteiger partial charge in [-0.25, -0.2) is 0 Å². The molecule has 114 valence electrons. The summed E-state index contributed by atoms with van der Waals surface area (Å²) in [5, 5.41) is 0. The van der Waals surface area contributed by atoms with Crippen LogP contribution in [0.2, 0.25) is 0 Å². The molecule has 0 aromatic heterocycles. The van der Waals surface area contributed by atoms with E-state index in [1.807, 2.05) is 6.08 Å². The lowest BCUT2D eigenvalue weighted by Gasteiger charge is -2.27. The summed E-state index contributed by atoms with van der Waals surface area (Å²) in [6.07, 6.45) is 16.9. The molecular formula is C21H30. The highest BCUT2D eigenvalue weighted by Crippen LogP contribution is 2.36. The first-order valence-electron chi connectivity index (χ1n) is 8.71. The Kier molecular flexibility index (Phi) is 6.79. The third-order valence-corrected chi connectivity index (χ3v) is 4.81. The van der Waals surface area contributed by atoms with Crippen LogP contribution in [0.15, 0.2) is 49.1 Å². The first-order chi connectivity index (χ1) is 10.3. The maximum atomic E-state index is 3.76. The lowest BCUT2D eigenvalue weighted by molar-refractivity contribution is 0.376. The molecule has 1 aliphatic rings. The molecule has 0 unspecified atom stereocenters. The van der Waals surface area contributed by atoms with Crippen LogP contribution in [0.4, 0.5) is 0 Å². The zero-order valence-electron chi connectivity index (χ0n) is 13.6. The maximum absolute atomic E-state index is 3.76. The van der Waals surface area contributed by atoms with Crippen LogP contribution in [0.5, 0.6) is 0 Å². The fourth-order valence-electron chi connectivity index (χ4n) is 3.42. The summed E-state index contributed by atoms with van der Waals surface area (Å²) in [7, 11) is 0. The van der Waals surface area contributed by atoms with Crippen LogP contribution in [0.25, 0.3) is 0 Å². The van der Waals surface area contributed by atoms with E-state index in [-0.39, 0.29) is 0 Å². The van der Waals surface area contributed by atoms with Crippen LogP contribution < -0.4 is 0 Å². The zero-order chi connectivity index (χ0) is 14.9. The molecule has 0 aliphatic heterocycles. The predicted octanol–water partition coefficient (Wildman–Crippen LogP) is 6.44. The second kappa shape index (κ2) is 8.87. The fraction of sp³-hybridized carbons (Fsp3) is 0.524. The average molecular weight is 282 g/mol. The van der Waals surface area contributed by atoms with E-state index in [1.54, 1.807) is 5.56 Å². The summed E-state index contributed by atoms with van der Waals surface area (Å²) < 4.78 is 0. The second-order valence-corrected chi connectivity index (χ2v) is 6.43. The summed E-state index contributed by atoms with van der Waals surface area (Å²) in [6.45, 7) is 6.02. The predicted molar refractivity (Wildman–Crippen MR) is 93.7 cm³/mol. The molecule has 0 saturated heterocycles. The lowest BCUT2D eigenvalue weighted by Crippen LogP contribution is -2.11. The van der Waals surface area contributed by atoms with Crippen LogP contribution in [0, 0.1) is 5.92 Å². The number of hydrogen-bond donors (Lipinski definition) is 0. The van der Waals surface area contributed by atoms with Crippen LogP contribution in [0.3, 0.4) is 0 Å². The van der Waals surface area contributed by atoms with Gasteiger partial charge in [-0.3, -0.25) is 0 Å². The Labute approximate surface area is 131 Å². The summed E-state index contributed by atoms with van der Waals surface area (Å²) in [6, 6.07) is 9.47. The van der Waals surface area contributed by atoms with E-state index in [2.05, 4.69) is 49.9 Å². The van der Waals surface area contributed by atoms with E-state index >= 15 is 0 Å². The van der Waals surface area contributed by atoms with Crippen LogP contribution in [0.1, 0.15) is 68.9 Å². The molecule has 0 heterocycles. The minimum atomic E-state index is 0.771. The molecule has 1 aromatic rings. The Hall–Kier alpha value is -1.30. The minimum absolute atomic E-state index is 0.771. The van der Waals surface area contributed by atoms with Crippen LogP contribution in [-0.2, 0) is 6.42 Å². The van der Waals surface area contributed by atoms with Gasteiger partial charge in [-0.2, -0.15) is 0 Å². The van der Waals surface area contributed by atoms with Crippen molar-refractivity contribution >= 4 is 0 Å². The van der Waals surface area contributed by atoms with E-state index in [0.717, 1.165) is 11.8 Å². The molecule has 2 rings (SSSR count). The van der Waals surface area contributed by atoms with Gasteiger partial charge in [0.15, 0.2) is 0 Å². The Bertz CT molecular complexity index is 430. The smallest absolute Gasteiger partial charge is 0.0162 e. The Morgan fingerprint density at radius 1 is 1.05 bits per heavy atom. The van der Waals surface area contributed by atoms with Crippen LogP contribution >= 0.6 is 0 Å². The average Bonchev–Trinajstić information content (AvgIpc) is 2.54. The van der Waals surface area contributed by atoms with Gasteiger partial charge in [-0.1, -0.05) is 68.8 Å². The maximum Gasteiger partial charge on any atom is -0.0162 e. The molecular weight excluding hydrogens is 252 g/mol. The molecule has 0 amide bonds. The molecule has 0 bridgehead atoms. The van der Waals surface area contributed by atoms with Crippen molar-refractivity contribution in [3.63, 3.8) is 0 Å². The zero-order valence-corrected chi connectivity index (χ0v) is 13.6. The van der Waals surface area contributed by atoms with Crippen molar-refractivity contribution in [1.82, 2.24) is 0 Å². The van der Waals surface area contributed by atoms with E-state index in [9.17, 15) is 0 Å². The third kappa shape index (κ3) is 5.19. The van der Waals surface area contributed by atoms with Gasteiger partial charge in [0.1, 0.15) is 0 Å². The fourth-order valence-corrected chi connectivity index (χ4v) is 3.42. The molecule has 1 aromatic carbocycles. The van der Waals surface area contributed by atoms with Gasteiger partial charge in [-0.05, 0) is 61.5 Å². The molecule has 1 saturated carbocycles. The molecule has 0 N–H and O–H groups in total. The number of rotatable bonds is 7. The topological polar surface area (TPSA) is 0 Å². The highest BCUT2D eigenvalue weighted by Gasteiger charge is 2.20. The van der Waals surface area contributed by atoms with Gasteiger partial charge in [0.2, 0.25) is 0 Å². The quantitative estimate of drug-likeness (QED) is 0.399. The molecule has 1 fully saturated rings. The van der Waals surface area contributed by atoms with E-state index in [0.29, 0.717) is 0 Å². The first-order valence-corrected chi connectivity index (χ1v) is 8.71. The highest BCUT2D eigenvalue weighted by molar-refractivity contribution is 5.26. The van der Waals surface area contributed by atoms with Gasteiger partial charge >= 0.3 is 0 Å². The molecule has 0 radical (unpaired) electrons. The second-order valence-electron chi connectivity index (χ2n) is 6.43. The number of unbranched alkanes of at least 4 members (excludes halogenated alkanes) is 2. The number of hydrogen-bond acceptors (Lipinski definition) is 0. The molecule has 1 aliphatic carbocycles. The van der Waals surface area contributed by atoms with E-state index in [4.69, 9.17) is 0 Å². The monoisotopic (exact) mass is 282 g/mol. The molecule has 0 atom stereocenters. The highest BCUT2D eigenvalue weighted by atomic mass is 14.3. The van der Waals surface area contributed by atoms with Gasteiger partial charge in [0, 0.05) is 0 Å². The van der Waals surface area contributed by atoms with Crippen molar-refractivity contribution < 1.29 is 0 Å². The van der Waals surface area contributed by atoms with Gasteiger partial charge < -0.3 is 0 Å². The summed E-state index contributed by atoms with van der Waals surface area (Å²) in [4.78, 5) is 0. The number of allylic oxidation sites excluding steroid dienone is 3.